The number of benzene rings is 4. The van der Waals surface area contributed by atoms with Crippen molar-refractivity contribution in [3.63, 3.8) is 0 Å². The number of unbranched alkanes of at least 4 members (excludes halogenated alkanes) is 1. The molecule has 0 saturated heterocycles. The summed E-state index contributed by atoms with van der Waals surface area (Å²) in [5, 5.41) is 5.43. The molecule has 0 aliphatic heterocycles. The Morgan fingerprint density at radius 2 is 1.28 bits per heavy atom. The molecule has 0 unspecified atom stereocenters. The highest BCUT2D eigenvalue weighted by atomic mass is 32.1. The van der Waals surface area contributed by atoms with Gasteiger partial charge in [0, 0.05) is 40.3 Å². The largest absolute Gasteiger partial charge is 0.135 e. The molecule has 6 rings (SSSR count). The Labute approximate surface area is 238 Å². The van der Waals surface area contributed by atoms with Crippen LogP contribution in [-0.4, -0.2) is 0 Å². The van der Waals surface area contributed by atoms with E-state index in [9.17, 15) is 0 Å². The first-order valence-corrected chi connectivity index (χ1v) is 15.0. The average molecular weight is 539 g/mol. The first-order chi connectivity index (χ1) is 19.2. The molecular weight excluding hydrogens is 509 g/mol. The third kappa shape index (κ3) is 5.18. The summed E-state index contributed by atoms with van der Waals surface area (Å²) in [6.45, 7) is 7.75. The van der Waals surface area contributed by atoms with E-state index in [1.165, 1.54) is 62.6 Å². The van der Waals surface area contributed by atoms with Crippen molar-refractivity contribution < 1.29 is 0 Å². The van der Waals surface area contributed by atoms with Crippen molar-refractivity contribution in [3.05, 3.63) is 140 Å². The SMILES string of the molecule is C=C/C=C\CC/C=C/C/C=C(\C=C)c1ccc(-c2ccc3sc4cc5c(cc4c3c2)sc2ccccc25)cc1. The number of hydrogen-bond acceptors (Lipinski definition) is 2. The normalized spacial score (nSPS) is 12.6. The summed E-state index contributed by atoms with van der Waals surface area (Å²) in [5.41, 5.74) is 4.86. The third-order valence-corrected chi connectivity index (χ3v) is 9.42. The van der Waals surface area contributed by atoms with E-state index >= 15 is 0 Å². The van der Waals surface area contributed by atoms with E-state index in [-0.39, 0.29) is 0 Å². The van der Waals surface area contributed by atoms with Crippen LogP contribution < -0.4 is 0 Å². The average Bonchev–Trinajstić information content (AvgIpc) is 3.52. The van der Waals surface area contributed by atoms with Crippen LogP contribution in [0.2, 0.25) is 0 Å². The molecule has 0 atom stereocenters. The lowest BCUT2D eigenvalue weighted by atomic mass is 9.98. The minimum atomic E-state index is 0.906. The van der Waals surface area contributed by atoms with Crippen molar-refractivity contribution in [2.24, 2.45) is 0 Å². The molecule has 0 spiro atoms. The number of thiophene rings is 2. The molecule has 39 heavy (non-hydrogen) atoms. The van der Waals surface area contributed by atoms with Crippen LogP contribution in [0.1, 0.15) is 24.8 Å². The van der Waals surface area contributed by atoms with Crippen LogP contribution in [-0.2, 0) is 0 Å². The van der Waals surface area contributed by atoms with Crippen molar-refractivity contribution >= 4 is 68.6 Å². The van der Waals surface area contributed by atoms with Crippen LogP contribution in [0.5, 0.6) is 0 Å². The maximum Gasteiger partial charge on any atom is 0.0362 e. The smallest absolute Gasteiger partial charge is 0.0362 e. The molecule has 0 radical (unpaired) electrons. The fraction of sp³-hybridized carbons (Fsp3) is 0.0811. The minimum absolute atomic E-state index is 0.906. The molecule has 2 aromatic heterocycles. The zero-order chi connectivity index (χ0) is 26.6. The standard InChI is InChI=1S/C37H30S2/c1-3-5-6-7-8-9-10-11-14-26(4-2)27-17-19-28(20-18-27)29-21-22-35-31(23-29)33-25-36-32(24-37(33)39-35)30-15-12-13-16-34(30)38-36/h3-6,9-10,12-25H,1-2,7-8,11H2/b6-5-,10-9+,26-14+. The highest BCUT2D eigenvalue weighted by Crippen LogP contribution is 2.42. The van der Waals surface area contributed by atoms with Gasteiger partial charge >= 0.3 is 0 Å². The first-order valence-electron chi connectivity index (χ1n) is 13.4. The summed E-state index contributed by atoms with van der Waals surface area (Å²) in [5.74, 6) is 0. The van der Waals surface area contributed by atoms with E-state index in [1.54, 1.807) is 0 Å². The quantitative estimate of drug-likeness (QED) is 0.0975. The molecular formula is C37H30S2. The van der Waals surface area contributed by atoms with E-state index in [1.807, 2.05) is 40.9 Å². The fourth-order valence-electron chi connectivity index (χ4n) is 5.14. The lowest BCUT2D eigenvalue weighted by Gasteiger charge is -2.06. The van der Waals surface area contributed by atoms with Gasteiger partial charge in [0.05, 0.1) is 0 Å². The van der Waals surface area contributed by atoms with Crippen LogP contribution in [0.4, 0.5) is 0 Å². The molecule has 0 bridgehead atoms. The van der Waals surface area contributed by atoms with Gasteiger partial charge in [0.25, 0.3) is 0 Å². The minimum Gasteiger partial charge on any atom is -0.135 e. The number of rotatable bonds is 9. The van der Waals surface area contributed by atoms with Gasteiger partial charge in [0.15, 0.2) is 0 Å². The second-order valence-corrected chi connectivity index (χ2v) is 11.8. The molecule has 2 heterocycles. The van der Waals surface area contributed by atoms with E-state index in [2.05, 4.69) is 116 Å². The summed E-state index contributed by atoms with van der Waals surface area (Å²) in [6, 6.07) is 29.3. The molecule has 0 nitrogen and oxygen atoms in total. The van der Waals surface area contributed by atoms with E-state index in [0.717, 1.165) is 19.3 Å². The maximum atomic E-state index is 4.05. The van der Waals surface area contributed by atoms with Crippen molar-refractivity contribution in [3.8, 4) is 11.1 Å². The lowest BCUT2D eigenvalue weighted by Crippen LogP contribution is -1.83. The van der Waals surface area contributed by atoms with Crippen LogP contribution in [0.3, 0.4) is 0 Å². The number of fused-ring (bicyclic) bond motifs is 6. The Kier molecular flexibility index (Phi) is 7.40. The van der Waals surface area contributed by atoms with Gasteiger partial charge in [-0.1, -0.05) is 104 Å². The molecule has 0 saturated carbocycles. The zero-order valence-corrected chi connectivity index (χ0v) is 23.5. The molecule has 6 aromatic rings. The van der Waals surface area contributed by atoms with E-state index in [4.69, 9.17) is 0 Å². The van der Waals surface area contributed by atoms with Crippen LogP contribution in [0, 0.1) is 0 Å². The third-order valence-electron chi connectivity index (χ3n) is 7.15. The molecule has 0 amide bonds. The van der Waals surface area contributed by atoms with Gasteiger partial charge in [-0.25, -0.2) is 0 Å². The summed E-state index contributed by atoms with van der Waals surface area (Å²) < 4.78 is 5.42. The van der Waals surface area contributed by atoms with Gasteiger partial charge in [0.1, 0.15) is 0 Å². The van der Waals surface area contributed by atoms with Crippen molar-refractivity contribution in [2.75, 3.05) is 0 Å². The van der Waals surface area contributed by atoms with E-state index in [0.29, 0.717) is 0 Å². The predicted molar refractivity (Wildman–Crippen MR) is 178 cm³/mol. The van der Waals surface area contributed by atoms with Crippen LogP contribution in [0.15, 0.2) is 135 Å². The molecule has 2 heteroatoms. The Hall–Kier alpha value is -3.98. The Balaban J connectivity index is 1.25. The van der Waals surface area contributed by atoms with Crippen molar-refractivity contribution in [1.29, 1.82) is 0 Å². The van der Waals surface area contributed by atoms with Crippen molar-refractivity contribution in [1.82, 2.24) is 0 Å². The Morgan fingerprint density at radius 3 is 2.05 bits per heavy atom. The molecule has 190 valence electrons. The van der Waals surface area contributed by atoms with Gasteiger partial charge in [-0.3, -0.25) is 0 Å². The van der Waals surface area contributed by atoms with Gasteiger partial charge in [-0.15, -0.1) is 22.7 Å². The van der Waals surface area contributed by atoms with Gasteiger partial charge in [-0.2, -0.15) is 0 Å². The summed E-state index contributed by atoms with van der Waals surface area (Å²) in [7, 11) is 0. The monoisotopic (exact) mass is 538 g/mol. The highest BCUT2D eigenvalue weighted by molar-refractivity contribution is 7.27. The summed E-state index contributed by atoms with van der Waals surface area (Å²) >= 11 is 3.78. The molecule has 4 aromatic carbocycles. The van der Waals surface area contributed by atoms with Gasteiger partial charge < -0.3 is 0 Å². The fourth-order valence-corrected chi connectivity index (χ4v) is 7.38. The lowest BCUT2D eigenvalue weighted by molar-refractivity contribution is 1.04. The highest BCUT2D eigenvalue weighted by Gasteiger charge is 2.12. The first kappa shape index (κ1) is 25.3. The molecule has 0 fully saturated rings. The maximum absolute atomic E-state index is 4.05. The Bertz CT molecular complexity index is 1900. The topological polar surface area (TPSA) is 0 Å². The number of allylic oxidation sites excluding steroid dienone is 8. The molecule has 0 aliphatic carbocycles. The van der Waals surface area contributed by atoms with Crippen LogP contribution in [0.25, 0.3) is 57.0 Å². The Morgan fingerprint density at radius 1 is 0.615 bits per heavy atom. The van der Waals surface area contributed by atoms with Crippen LogP contribution >= 0.6 is 22.7 Å². The van der Waals surface area contributed by atoms with Gasteiger partial charge in [0.2, 0.25) is 0 Å². The second-order valence-electron chi connectivity index (χ2n) is 9.65. The summed E-state index contributed by atoms with van der Waals surface area (Å²) in [6.07, 6.45) is 17.6. The van der Waals surface area contributed by atoms with Crippen molar-refractivity contribution in [2.45, 2.75) is 19.3 Å². The zero-order valence-electron chi connectivity index (χ0n) is 21.9. The van der Waals surface area contributed by atoms with Gasteiger partial charge in [-0.05, 0) is 71.9 Å². The summed E-state index contributed by atoms with van der Waals surface area (Å²) in [4.78, 5) is 0. The molecule has 0 N–H and O–H groups in total. The second kappa shape index (κ2) is 11.4. The predicted octanol–water partition coefficient (Wildman–Crippen LogP) is 12.1. The van der Waals surface area contributed by atoms with E-state index < -0.39 is 0 Å². The number of hydrogen-bond donors (Lipinski definition) is 0. The molecule has 0 aliphatic rings.